The fourth-order valence-corrected chi connectivity index (χ4v) is 7.50. The minimum atomic E-state index is -0.791. The van der Waals surface area contributed by atoms with Gasteiger partial charge in [0.2, 0.25) is 0 Å². The highest BCUT2D eigenvalue weighted by atomic mass is 35.5. The predicted molar refractivity (Wildman–Crippen MR) is 173 cm³/mol. The van der Waals surface area contributed by atoms with Crippen LogP contribution in [0.4, 0.5) is 0 Å². The maximum absolute atomic E-state index is 11.5. The molecule has 236 valence electrons. The topological polar surface area (TPSA) is 102 Å². The second-order valence-electron chi connectivity index (χ2n) is 13.9. The van der Waals surface area contributed by atoms with Gasteiger partial charge >= 0.3 is 0 Å². The number of hydrogen-bond acceptors (Lipinski definition) is 6. The van der Waals surface area contributed by atoms with Crippen LogP contribution in [0.15, 0.2) is 73.8 Å². The first kappa shape index (κ1) is 32.6. The lowest BCUT2D eigenvalue weighted by Gasteiger charge is -2.40. The van der Waals surface area contributed by atoms with E-state index >= 15 is 0 Å². The normalized spacial score (nSPS) is 27.2. The van der Waals surface area contributed by atoms with Gasteiger partial charge in [-0.25, -0.2) is 9.97 Å². The molecule has 10 heteroatoms. The molecule has 0 spiro atoms. The van der Waals surface area contributed by atoms with Crippen molar-refractivity contribution in [2.24, 2.45) is 22.7 Å². The average molecular weight is 640 g/mol. The summed E-state index contributed by atoms with van der Waals surface area (Å²) in [6.07, 6.45) is 12.1. The van der Waals surface area contributed by atoms with Crippen LogP contribution in [-0.2, 0) is 25.9 Å². The van der Waals surface area contributed by atoms with Gasteiger partial charge in [0.05, 0.1) is 24.3 Å². The first-order chi connectivity index (χ1) is 20.8. The van der Waals surface area contributed by atoms with Crippen LogP contribution >= 0.6 is 23.2 Å². The zero-order chi connectivity index (χ0) is 31.6. The number of rotatable bonds is 8. The fraction of sp³-hybridized carbons (Fsp3) is 0.529. The van der Waals surface area contributed by atoms with Gasteiger partial charge in [-0.3, -0.25) is 9.36 Å². The van der Waals surface area contributed by atoms with E-state index in [1.807, 2.05) is 48.5 Å². The number of hydrogen-bond donors (Lipinski definition) is 2. The lowest BCUT2D eigenvalue weighted by atomic mass is 9.72. The highest BCUT2D eigenvalue weighted by molar-refractivity contribution is 6.30. The molecule has 4 atom stereocenters. The van der Waals surface area contributed by atoms with Crippen LogP contribution in [-0.4, -0.2) is 50.9 Å². The summed E-state index contributed by atoms with van der Waals surface area (Å²) in [5.41, 5.74) is 0.556. The molecule has 0 aliphatic heterocycles. The first-order valence-electron chi connectivity index (χ1n) is 15.4. The molecule has 2 saturated carbocycles. The number of halogens is 2. The standard InChI is InChI=1S/2C17H22ClN3O/c2*1-16(2)8-7-14(9-13-3-5-15(18)6-4-13)17(16,22)10-21-12-19-11-20-21/h2*3-6,11-12,14,22H,7-10H2,1-2H3. The van der Waals surface area contributed by atoms with Crippen molar-refractivity contribution in [3.05, 3.63) is 95.0 Å². The van der Waals surface area contributed by atoms with Crippen LogP contribution in [0.2, 0.25) is 10.0 Å². The quantitative estimate of drug-likeness (QED) is 0.223. The highest BCUT2D eigenvalue weighted by Crippen LogP contribution is 2.52. The van der Waals surface area contributed by atoms with Gasteiger partial charge in [0, 0.05) is 10.0 Å². The summed E-state index contributed by atoms with van der Waals surface area (Å²) in [5.74, 6) is 0.403. The van der Waals surface area contributed by atoms with Gasteiger partial charge in [0.15, 0.2) is 0 Å². The summed E-state index contributed by atoms with van der Waals surface area (Å²) in [7, 11) is 0. The van der Waals surface area contributed by atoms with E-state index in [1.54, 1.807) is 22.0 Å². The Morgan fingerprint density at radius 3 is 1.34 bits per heavy atom. The van der Waals surface area contributed by atoms with Crippen molar-refractivity contribution in [2.75, 3.05) is 0 Å². The van der Waals surface area contributed by atoms with Crippen LogP contribution in [0.1, 0.15) is 64.5 Å². The van der Waals surface area contributed by atoms with Gasteiger partial charge in [-0.1, -0.05) is 75.2 Å². The number of nitrogens with zero attached hydrogens (tertiary/aromatic N) is 6. The third-order valence-corrected chi connectivity index (χ3v) is 11.0. The van der Waals surface area contributed by atoms with Crippen LogP contribution in [0.5, 0.6) is 0 Å². The molecule has 6 rings (SSSR count). The minimum absolute atomic E-state index is 0.143. The number of benzene rings is 2. The van der Waals surface area contributed by atoms with E-state index in [2.05, 4.69) is 47.9 Å². The van der Waals surface area contributed by atoms with Crippen molar-refractivity contribution in [3.63, 3.8) is 0 Å². The summed E-state index contributed by atoms with van der Waals surface area (Å²) < 4.78 is 3.48. The maximum Gasteiger partial charge on any atom is 0.137 e. The van der Waals surface area contributed by atoms with E-state index in [9.17, 15) is 10.2 Å². The summed E-state index contributed by atoms with van der Waals surface area (Å²) in [6, 6.07) is 15.8. The average Bonchev–Trinajstić information content (AvgIpc) is 3.76. The van der Waals surface area contributed by atoms with E-state index in [1.165, 1.54) is 23.8 Å². The van der Waals surface area contributed by atoms with Gasteiger partial charge in [0.25, 0.3) is 0 Å². The zero-order valence-electron chi connectivity index (χ0n) is 26.1. The van der Waals surface area contributed by atoms with Crippen LogP contribution in [0.3, 0.4) is 0 Å². The molecule has 2 N–H and O–H groups in total. The van der Waals surface area contributed by atoms with E-state index < -0.39 is 11.2 Å². The molecule has 4 unspecified atom stereocenters. The molecule has 0 saturated heterocycles. The smallest absolute Gasteiger partial charge is 0.137 e. The van der Waals surface area contributed by atoms with Gasteiger partial charge in [0.1, 0.15) is 25.3 Å². The molecule has 2 aromatic carbocycles. The molecule has 0 bridgehead atoms. The van der Waals surface area contributed by atoms with E-state index in [-0.39, 0.29) is 22.7 Å². The molecule has 2 aliphatic carbocycles. The molecular weight excluding hydrogens is 595 g/mol. The molecular formula is C34H44Cl2N6O2. The van der Waals surface area contributed by atoms with Crippen LogP contribution in [0.25, 0.3) is 0 Å². The van der Waals surface area contributed by atoms with Crippen molar-refractivity contribution in [1.82, 2.24) is 29.5 Å². The molecule has 2 heterocycles. The Balaban J connectivity index is 0.000000175. The summed E-state index contributed by atoms with van der Waals surface area (Å²) in [6.45, 7) is 9.55. The molecule has 2 aromatic heterocycles. The minimum Gasteiger partial charge on any atom is -0.387 e. The first-order valence-corrected chi connectivity index (χ1v) is 16.2. The van der Waals surface area contributed by atoms with Gasteiger partial charge in [-0.05, 0) is 96.6 Å². The highest BCUT2D eigenvalue weighted by Gasteiger charge is 2.55. The zero-order valence-corrected chi connectivity index (χ0v) is 27.6. The third kappa shape index (κ3) is 6.89. The van der Waals surface area contributed by atoms with E-state index in [4.69, 9.17) is 23.2 Å². The van der Waals surface area contributed by atoms with Crippen molar-refractivity contribution >= 4 is 23.2 Å². The summed E-state index contributed by atoms with van der Waals surface area (Å²) in [5, 5.41) is 32.7. The molecule has 0 amide bonds. The Hall–Kier alpha value is -2.78. The second kappa shape index (κ2) is 12.9. The summed E-state index contributed by atoms with van der Waals surface area (Å²) in [4.78, 5) is 7.98. The Labute approximate surface area is 270 Å². The number of aliphatic hydroxyl groups is 2. The summed E-state index contributed by atoms with van der Waals surface area (Å²) >= 11 is 11.9. The van der Waals surface area contributed by atoms with Gasteiger partial charge in [-0.2, -0.15) is 10.2 Å². The van der Waals surface area contributed by atoms with Crippen molar-refractivity contribution in [2.45, 2.75) is 90.5 Å². The Bertz CT molecular complexity index is 1360. The van der Waals surface area contributed by atoms with Crippen molar-refractivity contribution < 1.29 is 10.2 Å². The molecule has 4 aromatic rings. The Morgan fingerprint density at radius 1 is 0.659 bits per heavy atom. The molecule has 0 radical (unpaired) electrons. The molecule has 44 heavy (non-hydrogen) atoms. The Kier molecular flexibility index (Phi) is 9.57. The van der Waals surface area contributed by atoms with Crippen LogP contribution in [0, 0.1) is 22.7 Å². The van der Waals surface area contributed by atoms with Crippen molar-refractivity contribution in [3.8, 4) is 0 Å². The maximum atomic E-state index is 11.5. The molecule has 8 nitrogen and oxygen atoms in total. The third-order valence-electron chi connectivity index (χ3n) is 10.5. The number of aromatic nitrogens is 6. The van der Waals surface area contributed by atoms with Gasteiger partial charge in [-0.15, -0.1) is 0 Å². The monoisotopic (exact) mass is 638 g/mol. The molecule has 2 fully saturated rings. The van der Waals surface area contributed by atoms with Crippen LogP contribution < -0.4 is 0 Å². The second-order valence-corrected chi connectivity index (χ2v) is 14.8. The molecule has 2 aliphatic rings. The fourth-order valence-electron chi connectivity index (χ4n) is 7.25. The lowest BCUT2D eigenvalue weighted by Crippen LogP contribution is -2.49. The Morgan fingerprint density at radius 2 is 1.02 bits per heavy atom. The SMILES string of the molecule is CC1(C)CCC(Cc2ccc(Cl)cc2)C1(O)Cn1cncn1.CC1(C)CCC(Cc2ccc(Cl)cc2)C1(O)Cn1cncn1. The lowest BCUT2D eigenvalue weighted by molar-refractivity contribution is -0.0908. The van der Waals surface area contributed by atoms with Crippen molar-refractivity contribution in [1.29, 1.82) is 0 Å². The van der Waals surface area contributed by atoms with E-state index in [0.29, 0.717) is 13.1 Å². The van der Waals surface area contributed by atoms with E-state index in [0.717, 1.165) is 48.6 Å². The largest absolute Gasteiger partial charge is 0.387 e. The van der Waals surface area contributed by atoms with Gasteiger partial charge < -0.3 is 10.2 Å². The predicted octanol–water partition coefficient (Wildman–Crippen LogP) is 6.68.